The first-order valence-electron chi connectivity index (χ1n) is 8.33. The van der Waals surface area contributed by atoms with E-state index in [0.717, 1.165) is 34.4 Å². The zero-order valence-corrected chi connectivity index (χ0v) is 15.4. The Bertz CT molecular complexity index is 817. The van der Waals surface area contributed by atoms with Gasteiger partial charge in [0.15, 0.2) is 0 Å². The molecule has 2 aromatic rings. The molecule has 0 saturated carbocycles. The van der Waals surface area contributed by atoms with E-state index in [0.29, 0.717) is 11.6 Å². The average molecular weight is 360 g/mol. The summed E-state index contributed by atoms with van der Waals surface area (Å²) in [5.74, 6) is 0.800. The second kappa shape index (κ2) is 6.60. The van der Waals surface area contributed by atoms with Gasteiger partial charge in [0.25, 0.3) is 0 Å². The number of primary amides is 1. The second-order valence-electron chi connectivity index (χ2n) is 6.97. The summed E-state index contributed by atoms with van der Waals surface area (Å²) in [4.78, 5) is 11.3. The summed E-state index contributed by atoms with van der Waals surface area (Å²) < 4.78 is 11.1. The first-order chi connectivity index (χ1) is 11.8. The van der Waals surface area contributed by atoms with Crippen molar-refractivity contribution in [1.82, 2.24) is 0 Å². The fourth-order valence-corrected chi connectivity index (χ4v) is 3.71. The Morgan fingerprint density at radius 3 is 2.72 bits per heavy atom. The van der Waals surface area contributed by atoms with E-state index in [9.17, 15) is 4.79 Å². The lowest BCUT2D eigenvalue weighted by molar-refractivity contribution is 0.0392. The summed E-state index contributed by atoms with van der Waals surface area (Å²) in [5.41, 5.74) is 9.18. The highest BCUT2D eigenvalue weighted by molar-refractivity contribution is 6.31. The molecule has 1 amide bonds. The molecule has 0 heterocycles. The van der Waals surface area contributed by atoms with Crippen LogP contribution in [0.15, 0.2) is 36.4 Å². The molecule has 0 radical (unpaired) electrons. The standard InChI is InChI=1S/C20H22ClNO3/c1-4-24-17-8-6-14(21)10-16(17)12-5-7-15-13(9-12)11-20(2,3)18(15)25-19(22)23/h5-10,18H,4,11H2,1-3H3,(H2,22,23). The molecule has 4 nitrogen and oxygen atoms in total. The number of fused-ring (bicyclic) bond motifs is 1. The van der Waals surface area contributed by atoms with Crippen LogP contribution in [0.2, 0.25) is 5.02 Å². The molecule has 2 N–H and O–H groups in total. The van der Waals surface area contributed by atoms with Gasteiger partial charge in [-0.1, -0.05) is 43.6 Å². The summed E-state index contributed by atoms with van der Waals surface area (Å²) in [6, 6.07) is 11.7. The number of carbonyl (C=O) groups is 1. The van der Waals surface area contributed by atoms with Crippen LogP contribution in [0.4, 0.5) is 4.79 Å². The molecule has 5 heteroatoms. The monoisotopic (exact) mass is 359 g/mol. The van der Waals surface area contributed by atoms with E-state index in [-0.39, 0.29) is 11.5 Å². The molecular weight excluding hydrogens is 338 g/mol. The summed E-state index contributed by atoms with van der Waals surface area (Å²) >= 11 is 6.18. The number of halogens is 1. The van der Waals surface area contributed by atoms with E-state index in [1.54, 1.807) is 0 Å². The van der Waals surface area contributed by atoms with Crippen LogP contribution in [0.25, 0.3) is 11.1 Å². The van der Waals surface area contributed by atoms with Gasteiger partial charge in [0.2, 0.25) is 0 Å². The van der Waals surface area contributed by atoms with Gasteiger partial charge in [-0.25, -0.2) is 4.79 Å². The predicted molar refractivity (Wildman–Crippen MR) is 99.0 cm³/mol. The van der Waals surface area contributed by atoms with Gasteiger partial charge in [-0.2, -0.15) is 0 Å². The van der Waals surface area contributed by atoms with Crippen molar-refractivity contribution in [1.29, 1.82) is 0 Å². The third-order valence-electron chi connectivity index (χ3n) is 4.57. The molecule has 0 bridgehead atoms. The minimum atomic E-state index is -0.747. The molecule has 0 fully saturated rings. The zero-order chi connectivity index (χ0) is 18.2. The number of ether oxygens (including phenoxy) is 2. The average Bonchev–Trinajstić information content (AvgIpc) is 2.78. The van der Waals surface area contributed by atoms with Gasteiger partial charge < -0.3 is 15.2 Å². The highest BCUT2D eigenvalue weighted by Gasteiger charge is 2.41. The van der Waals surface area contributed by atoms with Gasteiger partial charge in [-0.15, -0.1) is 0 Å². The third kappa shape index (κ3) is 3.45. The van der Waals surface area contributed by atoms with Crippen LogP contribution in [-0.2, 0) is 11.2 Å². The maximum Gasteiger partial charge on any atom is 0.405 e. The van der Waals surface area contributed by atoms with E-state index < -0.39 is 6.09 Å². The van der Waals surface area contributed by atoms with Crippen molar-refractivity contribution < 1.29 is 14.3 Å². The predicted octanol–water partition coefficient (Wildman–Crippen LogP) is 5.12. The Morgan fingerprint density at radius 2 is 2.04 bits per heavy atom. The lowest BCUT2D eigenvalue weighted by atomic mass is 9.87. The molecule has 1 atom stereocenters. The quantitative estimate of drug-likeness (QED) is 0.823. The van der Waals surface area contributed by atoms with Crippen LogP contribution in [0, 0.1) is 5.41 Å². The molecule has 0 spiro atoms. The van der Waals surface area contributed by atoms with Crippen LogP contribution >= 0.6 is 11.6 Å². The van der Waals surface area contributed by atoms with Crippen molar-refractivity contribution >= 4 is 17.7 Å². The molecule has 2 aromatic carbocycles. The number of nitrogens with two attached hydrogens (primary N) is 1. The summed E-state index contributed by atoms with van der Waals surface area (Å²) in [5, 5.41) is 0.661. The number of carbonyl (C=O) groups excluding carboxylic acids is 1. The smallest absolute Gasteiger partial charge is 0.405 e. The van der Waals surface area contributed by atoms with E-state index in [1.807, 2.05) is 37.3 Å². The van der Waals surface area contributed by atoms with E-state index >= 15 is 0 Å². The zero-order valence-electron chi connectivity index (χ0n) is 14.6. The first kappa shape index (κ1) is 17.6. The molecule has 1 aliphatic rings. The van der Waals surface area contributed by atoms with Gasteiger partial charge in [-0.3, -0.25) is 0 Å². The van der Waals surface area contributed by atoms with Crippen molar-refractivity contribution in [2.45, 2.75) is 33.3 Å². The largest absolute Gasteiger partial charge is 0.493 e. The van der Waals surface area contributed by atoms with Crippen molar-refractivity contribution in [3.63, 3.8) is 0 Å². The lowest BCUT2D eigenvalue weighted by Crippen LogP contribution is -2.25. The van der Waals surface area contributed by atoms with Crippen LogP contribution in [-0.4, -0.2) is 12.7 Å². The second-order valence-corrected chi connectivity index (χ2v) is 7.41. The molecule has 1 aliphatic carbocycles. The number of rotatable bonds is 4. The van der Waals surface area contributed by atoms with Gasteiger partial charge in [-0.05, 0) is 48.2 Å². The fraction of sp³-hybridized carbons (Fsp3) is 0.350. The molecule has 0 saturated heterocycles. The summed E-state index contributed by atoms with van der Waals surface area (Å²) in [6.45, 7) is 6.69. The Morgan fingerprint density at radius 1 is 1.28 bits per heavy atom. The lowest BCUT2D eigenvalue weighted by Gasteiger charge is -2.26. The highest BCUT2D eigenvalue weighted by Crippen LogP contribution is 2.48. The summed E-state index contributed by atoms with van der Waals surface area (Å²) in [7, 11) is 0. The number of hydrogen-bond donors (Lipinski definition) is 1. The number of hydrogen-bond acceptors (Lipinski definition) is 3. The van der Waals surface area contributed by atoms with E-state index in [1.165, 1.54) is 0 Å². The minimum absolute atomic E-state index is 0.201. The number of benzene rings is 2. The molecular formula is C20H22ClNO3. The third-order valence-corrected chi connectivity index (χ3v) is 4.80. The van der Waals surface area contributed by atoms with Crippen LogP contribution in [0.5, 0.6) is 5.75 Å². The van der Waals surface area contributed by atoms with Crippen molar-refractivity contribution in [3.05, 3.63) is 52.5 Å². The van der Waals surface area contributed by atoms with Crippen LogP contribution in [0.3, 0.4) is 0 Å². The molecule has 0 aliphatic heterocycles. The van der Waals surface area contributed by atoms with Crippen molar-refractivity contribution in [2.24, 2.45) is 11.1 Å². The van der Waals surface area contributed by atoms with E-state index in [4.69, 9.17) is 26.8 Å². The SMILES string of the molecule is CCOc1ccc(Cl)cc1-c1ccc2c(c1)CC(C)(C)C2OC(N)=O. The van der Waals surface area contributed by atoms with E-state index in [2.05, 4.69) is 19.9 Å². The van der Waals surface area contributed by atoms with Gasteiger partial charge in [0.1, 0.15) is 11.9 Å². The number of amides is 1. The maximum atomic E-state index is 11.3. The van der Waals surface area contributed by atoms with Gasteiger partial charge in [0, 0.05) is 16.0 Å². The van der Waals surface area contributed by atoms with Crippen LogP contribution < -0.4 is 10.5 Å². The van der Waals surface area contributed by atoms with Crippen molar-refractivity contribution in [3.8, 4) is 16.9 Å². The molecule has 3 rings (SSSR count). The van der Waals surface area contributed by atoms with Gasteiger partial charge in [0.05, 0.1) is 6.61 Å². The topological polar surface area (TPSA) is 61.6 Å². The molecule has 25 heavy (non-hydrogen) atoms. The molecule has 0 aromatic heterocycles. The van der Waals surface area contributed by atoms with Gasteiger partial charge >= 0.3 is 6.09 Å². The maximum absolute atomic E-state index is 11.3. The molecule has 1 unspecified atom stereocenters. The summed E-state index contributed by atoms with van der Waals surface area (Å²) in [6.07, 6.45) is -0.276. The normalized spacial score (nSPS) is 17.8. The fourth-order valence-electron chi connectivity index (χ4n) is 3.53. The first-order valence-corrected chi connectivity index (χ1v) is 8.71. The molecule has 132 valence electrons. The van der Waals surface area contributed by atoms with Crippen molar-refractivity contribution in [2.75, 3.05) is 6.61 Å². The Balaban J connectivity index is 2.04. The minimum Gasteiger partial charge on any atom is -0.493 e. The highest BCUT2D eigenvalue weighted by atomic mass is 35.5. The Hall–Kier alpha value is -2.20. The van der Waals surface area contributed by atoms with Crippen LogP contribution in [0.1, 0.15) is 38.0 Å². The Kier molecular flexibility index (Phi) is 4.65. The Labute approximate surface area is 152 Å².